The number of benzene rings is 1. The fraction of sp³-hybridized carbons (Fsp3) is 0.444. The Balaban J connectivity index is 0.00000288. The molecule has 0 bridgehead atoms. The van der Waals surface area contributed by atoms with Crippen LogP contribution in [0.25, 0.3) is 5.69 Å². The third-order valence-corrected chi connectivity index (χ3v) is 3.49. The Morgan fingerprint density at radius 1 is 1.12 bits per heavy atom. The molecule has 0 amide bonds. The number of para-hydroxylation sites is 1. The topological polar surface area (TPSA) is 54.2 Å². The second kappa shape index (κ2) is 11.9. The van der Waals surface area contributed by atoms with E-state index in [0.29, 0.717) is 6.54 Å². The molecular weight excluding hydrogens is 413 g/mol. The lowest BCUT2D eigenvalue weighted by atomic mass is 10.2. The van der Waals surface area contributed by atoms with E-state index in [4.69, 9.17) is 0 Å². The van der Waals surface area contributed by atoms with Crippen molar-refractivity contribution < 1.29 is 0 Å². The minimum Gasteiger partial charge on any atom is -0.357 e. The number of nitrogens with zero attached hydrogens (tertiary/aromatic N) is 3. The lowest BCUT2D eigenvalue weighted by molar-refractivity contribution is 0.683. The van der Waals surface area contributed by atoms with E-state index in [9.17, 15) is 0 Å². The first-order chi connectivity index (χ1) is 11.3. The Kier molecular flexibility index (Phi) is 10.1. The summed E-state index contributed by atoms with van der Waals surface area (Å²) in [6, 6.07) is 10.1. The fourth-order valence-electron chi connectivity index (χ4n) is 2.26. The van der Waals surface area contributed by atoms with Crippen molar-refractivity contribution in [3.8, 4) is 5.69 Å². The first kappa shape index (κ1) is 20.5. The van der Waals surface area contributed by atoms with Gasteiger partial charge in [-0.25, -0.2) is 9.67 Å². The third-order valence-electron chi connectivity index (χ3n) is 3.49. The average molecular weight is 441 g/mol. The maximum atomic E-state index is 4.63. The largest absolute Gasteiger partial charge is 0.357 e. The van der Waals surface area contributed by atoms with Gasteiger partial charge in [0, 0.05) is 24.8 Å². The summed E-state index contributed by atoms with van der Waals surface area (Å²) in [4.78, 5) is 4.63. The zero-order chi connectivity index (χ0) is 16.3. The third kappa shape index (κ3) is 6.90. The molecule has 1 heterocycles. The summed E-state index contributed by atoms with van der Waals surface area (Å²) in [5, 5.41) is 11.1. The maximum Gasteiger partial charge on any atom is 0.191 e. The van der Waals surface area contributed by atoms with Crippen LogP contribution in [0.4, 0.5) is 0 Å². The summed E-state index contributed by atoms with van der Waals surface area (Å²) < 4.78 is 1.88. The Labute approximate surface area is 162 Å². The van der Waals surface area contributed by atoms with Gasteiger partial charge in [0.15, 0.2) is 5.96 Å². The molecule has 6 heteroatoms. The van der Waals surface area contributed by atoms with Gasteiger partial charge in [-0.1, -0.05) is 38.0 Å². The van der Waals surface area contributed by atoms with Crippen LogP contribution in [0, 0.1) is 0 Å². The van der Waals surface area contributed by atoms with Crippen LogP contribution in [0.2, 0.25) is 0 Å². The van der Waals surface area contributed by atoms with Crippen LogP contribution in [0.1, 0.15) is 38.7 Å². The summed E-state index contributed by atoms with van der Waals surface area (Å²) in [6.45, 7) is 6.74. The maximum absolute atomic E-state index is 4.63. The molecule has 132 valence electrons. The van der Waals surface area contributed by atoms with Crippen LogP contribution in [0.3, 0.4) is 0 Å². The van der Waals surface area contributed by atoms with Gasteiger partial charge in [0.1, 0.15) is 0 Å². The van der Waals surface area contributed by atoms with E-state index < -0.39 is 0 Å². The molecule has 0 spiro atoms. The van der Waals surface area contributed by atoms with Gasteiger partial charge in [-0.3, -0.25) is 0 Å². The van der Waals surface area contributed by atoms with Crippen LogP contribution < -0.4 is 10.6 Å². The van der Waals surface area contributed by atoms with Gasteiger partial charge < -0.3 is 10.6 Å². The standard InChI is InChI=1S/C18H27N5.HI/c1-3-5-9-12-20-18(19-4-2)21-13-16-14-22-23(15-16)17-10-7-6-8-11-17;/h6-8,10-11,14-15H,3-5,9,12-13H2,1-2H3,(H2,19,20,21);1H. The Morgan fingerprint density at radius 2 is 1.92 bits per heavy atom. The number of rotatable bonds is 8. The highest BCUT2D eigenvalue weighted by molar-refractivity contribution is 14.0. The van der Waals surface area contributed by atoms with Crippen molar-refractivity contribution >= 4 is 29.9 Å². The van der Waals surface area contributed by atoms with E-state index in [1.165, 1.54) is 19.3 Å². The molecule has 2 rings (SSSR count). The Morgan fingerprint density at radius 3 is 2.62 bits per heavy atom. The quantitative estimate of drug-likeness (QED) is 0.284. The molecule has 0 aliphatic heterocycles. The molecule has 2 N–H and O–H groups in total. The van der Waals surface area contributed by atoms with Crippen LogP contribution in [-0.4, -0.2) is 28.8 Å². The number of hydrogen-bond acceptors (Lipinski definition) is 2. The van der Waals surface area contributed by atoms with Gasteiger partial charge in [-0.15, -0.1) is 24.0 Å². The molecule has 1 aromatic carbocycles. The summed E-state index contributed by atoms with van der Waals surface area (Å²) in [6.07, 6.45) is 7.55. The van der Waals surface area contributed by atoms with Crippen LogP contribution in [0.5, 0.6) is 0 Å². The summed E-state index contributed by atoms with van der Waals surface area (Å²) >= 11 is 0. The molecule has 0 saturated carbocycles. The van der Waals surface area contributed by atoms with Crippen molar-refractivity contribution in [2.75, 3.05) is 13.1 Å². The number of aliphatic imine (C=N–C) groups is 1. The van der Waals surface area contributed by atoms with E-state index in [2.05, 4.69) is 34.6 Å². The van der Waals surface area contributed by atoms with Crippen LogP contribution in [-0.2, 0) is 6.54 Å². The number of guanidine groups is 1. The lowest BCUT2D eigenvalue weighted by Gasteiger charge is -2.10. The summed E-state index contributed by atoms with van der Waals surface area (Å²) in [7, 11) is 0. The molecule has 0 fully saturated rings. The average Bonchev–Trinajstić information content (AvgIpc) is 3.06. The SMILES string of the molecule is CCCCCNC(=NCc1cnn(-c2ccccc2)c1)NCC.I. The van der Waals surface area contributed by atoms with Gasteiger partial charge in [0.25, 0.3) is 0 Å². The monoisotopic (exact) mass is 441 g/mol. The van der Waals surface area contributed by atoms with Crippen LogP contribution >= 0.6 is 24.0 Å². The Bertz CT molecular complexity index is 594. The highest BCUT2D eigenvalue weighted by Gasteiger charge is 2.01. The zero-order valence-electron chi connectivity index (χ0n) is 14.5. The molecule has 0 aliphatic carbocycles. The molecular formula is C18H28IN5. The van der Waals surface area contributed by atoms with Gasteiger partial charge in [-0.2, -0.15) is 5.10 Å². The molecule has 0 saturated heterocycles. The van der Waals surface area contributed by atoms with E-state index in [1.54, 1.807) is 0 Å². The minimum absolute atomic E-state index is 0. The van der Waals surface area contributed by atoms with E-state index in [-0.39, 0.29) is 24.0 Å². The number of unbranched alkanes of at least 4 members (excludes halogenated alkanes) is 2. The second-order valence-corrected chi connectivity index (χ2v) is 5.46. The predicted molar refractivity (Wildman–Crippen MR) is 111 cm³/mol. The number of aromatic nitrogens is 2. The zero-order valence-corrected chi connectivity index (χ0v) is 16.9. The second-order valence-electron chi connectivity index (χ2n) is 5.46. The molecule has 0 atom stereocenters. The van der Waals surface area contributed by atoms with Crippen molar-refractivity contribution in [1.82, 2.24) is 20.4 Å². The molecule has 0 unspecified atom stereocenters. The number of hydrogen-bond donors (Lipinski definition) is 2. The number of halogens is 1. The van der Waals surface area contributed by atoms with Crippen molar-refractivity contribution in [3.05, 3.63) is 48.3 Å². The summed E-state index contributed by atoms with van der Waals surface area (Å²) in [5.41, 5.74) is 2.16. The first-order valence-corrected chi connectivity index (χ1v) is 8.44. The Hall–Kier alpha value is -1.57. The lowest BCUT2D eigenvalue weighted by Crippen LogP contribution is -2.37. The molecule has 2 aromatic rings. The number of nitrogens with one attached hydrogen (secondary N) is 2. The normalized spacial score (nSPS) is 11.0. The minimum atomic E-state index is 0. The van der Waals surface area contributed by atoms with Crippen molar-refractivity contribution in [1.29, 1.82) is 0 Å². The van der Waals surface area contributed by atoms with Crippen molar-refractivity contribution in [2.45, 2.75) is 39.7 Å². The van der Waals surface area contributed by atoms with E-state index in [1.807, 2.05) is 47.4 Å². The van der Waals surface area contributed by atoms with Crippen molar-refractivity contribution in [2.24, 2.45) is 4.99 Å². The smallest absolute Gasteiger partial charge is 0.191 e. The molecule has 0 radical (unpaired) electrons. The predicted octanol–water partition coefficient (Wildman–Crippen LogP) is 3.74. The van der Waals surface area contributed by atoms with E-state index in [0.717, 1.165) is 30.3 Å². The molecule has 24 heavy (non-hydrogen) atoms. The van der Waals surface area contributed by atoms with Gasteiger partial charge in [0.2, 0.25) is 0 Å². The van der Waals surface area contributed by atoms with Gasteiger partial charge in [-0.05, 0) is 25.5 Å². The highest BCUT2D eigenvalue weighted by Crippen LogP contribution is 2.08. The van der Waals surface area contributed by atoms with Crippen LogP contribution in [0.15, 0.2) is 47.7 Å². The van der Waals surface area contributed by atoms with E-state index >= 15 is 0 Å². The van der Waals surface area contributed by atoms with Gasteiger partial charge >= 0.3 is 0 Å². The molecule has 0 aliphatic rings. The molecule has 1 aromatic heterocycles. The highest BCUT2D eigenvalue weighted by atomic mass is 127. The molecule has 5 nitrogen and oxygen atoms in total. The fourth-order valence-corrected chi connectivity index (χ4v) is 2.26. The first-order valence-electron chi connectivity index (χ1n) is 8.44. The van der Waals surface area contributed by atoms with Crippen molar-refractivity contribution in [3.63, 3.8) is 0 Å². The summed E-state index contributed by atoms with van der Waals surface area (Å²) in [5.74, 6) is 0.871. The van der Waals surface area contributed by atoms with Gasteiger partial charge in [0.05, 0.1) is 18.4 Å².